The number of thiazole rings is 1. The summed E-state index contributed by atoms with van der Waals surface area (Å²) in [7, 11) is 0. The molecule has 2 heterocycles. The van der Waals surface area contributed by atoms with Crippen molar-refractivity contribution in [1.29, 1.82) is 0 Å². The van der Waals surface area contributed by atoms with E-state index in [0.717, 1.165) is 24.2 Å². The topological polar surface area (TPSA) is 103 Å². The van der Waals surface area contributed by atoms with Crippen LogP contribution in [0.15, 0.2) is 0 Å². The summed E-state index contributed by atoms with van der Waals surface area (Å²) < 4.78 is 0. The second-order valence-corrected chi connectivity index (χ2v) is 6.21. The van der Waals surface area contributed by atoms with Gasteiger partial charge in [-0.3, -0.25) is 0 Å². The van der Waals surface area contributed by atoms with Gasteiger partial charge in [0, 0.05) is 19.7 Å². The molecule has 0 spiro atoms. The van der Waals surface area contributed by atoms with E-state index in [1.165, 1.54) is 0 Å². The zero-order chi connectivity index (χ0) is 15.4. The Hall–Kier alpha value is -1.67. The minimum atomic E-state index is -0.996. The van der Waals surface area contributed by atoms with E-state index in [1.54, 1.807) is 11.8 Å². The summed E-state index contributed by atoms with van der Waals surface area (Å²) in [4.78, 5) is 29.0. The van der Waals surface area contributed by atoms with Crippen LogP contribution in [0.25, 0.3) is 0 Å². The molecule has 1 atom stereocenters. The highest BCUT2D eigenvalue weighted by Crippen LogP contribution is 2.18. The maximum absolute atomic E-state index is 12.1. The molecule has 1 aliphatic heterocycles. The van der Waals surface area contributed by atoms with Crippen molar-refractivity contribution in [3.8, 4) is 0 Å². The number of carbonyl (C=O) groups excluding carboxylic acids is 1. The second-order valence-electron chi connectivity index (χ2n) is 5.12. The number of carbonyl (C=O) groups is 2. The highest BCUT2D eigenvalue weighted by molar-refractivity contribution is 7.13. The Labute approximate surface area is 126 Å². The second kappa shape index (κ2) is 6.86. The zero-order valence-electron chi connectivity index (χ0n) is 11.8. The number of aliphatic hydroxyl groups excluding tert-OH is 1. The number of piperidine rings is 1. The van der Waals surface area contributed by atoms with Crippen molar-refractivity contribution in [3.05, 3.63) is 15.6 Å². The molecule has 8 heteroatoms. The fourth-order valence-corrected chi connectivity index (χ4v) is 3.23. The Kier molecular flexibility index (Phi) is 5.13. The molecule has 0 bridgehead atoms. The predicted molar refractivity (Wildman–Crippen MR) is 77.4 cm³/mol. The number of aliphatic hydroxyl groups is 1. The van der Waals surface area contributed by atoms with Crippen LogP contribution < -0.4 is 5.32 Å². The molecule has 1 aromatic heterocycles. The number of likely N-dealkylation sites (tertiary alicyclic amines) is 1. The van der Waals surface area contributed by atoms with Crippen LogP contribution in [0.4, 0.5) is 4.79 Å². The number of aromatic carboxylic acids is 1. The fourth-order valence-electron chi connectivity index (χ4n) is 2.39. The van der Waals surface area contributed by atoms with Crippen molar-refractivity contribution in [2.24, 2.45) is 5.92 Å². The van der Waals surface area contributed by atoms with Gasteiger partial charge >= 0.3 is 12.0 Å². The number of hydrogen-bond donors (Lipinski definition) is 3. The third kappa shape index (κ3) is 3.92. The molecule has 0 aliphatic carbocycles. The molecule has 0 radical (unpaired) electrons. The average Bonchev–Trinajstić information content (AvgIpc) is 2.86. The van der Waals surface area contributed by atoms with Crippen molar-refractivity contribution >= 4 is 23.3 Å². The number of rotatable bonds is 4. The van der Waals surface area contributed by atoms with Crippen molar-refractivity contribution < 1.29 is 19.8 Å². The maximum Gasteiger partial charge on any atom is 0.347 e. The van der Waals surface area contributed by atoms with E-state index in [9.17, 15) is 9.59 Å². The lowest BCUT2D eigenvalue weighted by Crippen LogP contribution is -2.45. The number of nitrogens with one attached hydrogen (secondary N) is 1. The molecule has 7 nitrogen and oxygen atoms in total. The Morgan fingerprint density at radius 3 is 2.90 bits per heavy atom. The van der Waals surface area contributed by atoms with Crippen LogP contribution in [-0.2, 0) is 6.54 Å². The molecule has 1 saturated heterocycles. The van der Waals surface area contributed by atoms with Gasteiger partial charge in [-0.1, -0.05) is 0 Å². The van der Waals surface area contributed by atoms with Gasteiger partial charge < -0.3 is 20.4 Å². The van der Waals surface area contributed by atoms with Gasteiger partial charge in [0.2, 0.25) is 0 Å². The molecular formula is C13H19N3O4S. The van der Waals surface area contributed by atoms with Crippen molar-refractivity contribution in [2.45, 2.75) is 26.3 Å². The Bertz CT molecular complexity index is 531. The quantitative estimate of drug-likeness (QED) is 0.771. The Balaban J connectivity index is 1.89. The van der Waals surface area contributed by atoms with Crippen LogP contribution in [0, 0.1) is 12.8 Å². The predicted octanol–water partition coefficient (Wildman–Crippen LogP) is 1.06. The molecule has 21 heavy (non-hydrogen) atoms. The van der Waals surface area contributed by atoms with Crippen LogP contribution >= 0.6 is 11.3 Å². The minimum Gasteiger partial charge on any atom is -0.477 e. The van der Waals surface area contributed by atoms with Gasteiger partial charge in [0.15, 0.2) is 0 Å². The Morgan fingerprint density at radius 1 is 1.52 bits per heavy atom. The van der Waals surface area contributed by atoms with Gasteiger partial charge in [0.25, 0.3) is 0 Å². The lowest BCUT2D eigenvalue weighted by Gasteiger charge is -2.31. The molecule has 0 aromatic carbocycles. The summed E-state index contributed by atoms with van der Waals surface area (Å²) in [6.07, 6.45) is 1.83. The molecule has 1 aromatic rings. The zero-order valence-corrected chi connectivity index (χ0v) is 12.7. The third-order valence-corrected chi connectivity index (χ3v) is 4.64. The molecule has 1 aliphatic rings. The van der Waals surface area contributed by atoms with Crippen molar-refractivity contribution in [1.82, 2.24) is 15.2 Å². The third-order valence-electron chi connectivity index (χ3n) is 3.49. The van der Waals surface area contributed by atoms with Crippen LogP contribution in [-0.4, -0.2) is 51.8 Å². The molecule has 3 N–H and O–H groups in total. The van der Waals surface area contributed by atoms with Gasteiger partial charge in [-0.15, -0.1) is 11.3 Å². The largest absolute Gasteiger partial charge is 0.477 e. The van der Waals surface area contributed by atoms with Crippen molar-refractivity contribution in [2.75, 3.05) is 19.7 Å². The van der Waals surface area contributed by atoms with Crippen LogP contribution in [0.3, 0.4) is 0 Å². The van der Waals surface area contributed by atoms with Gasteiger partial charge in [0.1, 0.15) is 9.88 Å². The van der Waals surface area contributed by atoms with Crippen LogP contribution in [0.5, 0.6) is 0 Å². The van der Waals surface area contributed by atoms with Crippen LogP contribution in [0.2, 0.25) is 0 Å². The number of carboxylic acid groups (broad SMARTS) is 1. The monoisotopic (exact) mass is 313 g/mol. The molecule has 116 valence electrons. The van der Waals surface area contributed by atoms with Gasteiger partial charge in [-0.05, 0) is 25.7 Å². The molecule has 2 rings (SSSR count). The highest BCUT2D eigenvalue weighted by Gasteiger charge is 2.23. The number of hydrogen-bond acceptors (Lipinski definition) is 5. The molecule has 1 fully saturated rings. The van der Waals surface area contributed by atoms with Crippen LogP contribution in [0.1, 0.15) is 33.2 Å². The first-order valence-electron chi connectivity index (χ1n) is 6.84. The molecule has 2 amide bonds. The Morgan fingerprint density at radius 2 is 2.29 bits per heavy atom. The SMILES string of the molecule is Cc1nc(CNC(=O)N2CCCC(CO)C2)sc1C(=O)O. The van der Waals surface area contributed by atoms with E-state index in [1.807, 2.05) is 0 Å². The highest BCUT2D eigenvalue weighted by atomic mass is 32.1. The summed E-state index contributed by atoms with van der Waals surface area (Å²) in [6.45, 7) is 3.19. The van der Waals surface area contributed by atoms with E-state index in [4.69, 9.17) is 10.2 Å². The summed E-state index contributed by atoms with van der Waals surface area (Å²) in [5, 5.41) is 21.5. The van der Waals surface area contributed by atoms with E-state index in [-0.39, 0.29) is 30.0 Å². The summed E-state index contributed by atoms with van der Waals surface area (Å²) in [6, 6.07) is -0.196. The summed E-state index contributed by atoms with van der Waals surface area (Å²) >= 11 is 1.08. The lowest BCUT2D eigenvalue weighted by molar-refractivity contribution is 0.0701. The maximum atomic E-state index is 12.1. The smallest absolute Gasteiger partial charge is 0.347 e. The molecule has 1 unspecified atom stereocenters. The first-order chi connectivity index (χ1) is 10.0. The van der Waals surface area contributed by atoms with Gasteiger partial charge in [-0.25, -0.2) is 14.6 Å². The van der Waals surface area contributed by atoms with Gasteiger partial charge in [-0.2, -0.15) is 0 Å². The minimum absolute atomic E-state index is 0.0947. The number of carboxylic acids is 1. The summed E-state index contributed by atoms with van der Waals surface area (Å²) in [5.41, 5.74) is 0.468. The average molecular weight is 313 g/mol. The van der Waals surface area contributed by atoms with E-state index < -0.39 is 5.97 Å². The number of aromatic nitrogens is 1. The summed E-state index contributed by atoms with van der Waals surface area (Å²) in [5.74, 6) is -0.852. The van der Waals surface area contributed by atoms with E-state index >= 15 is 0 Å². The molecule has 0 saturated carbocycles. The molecular weight excluding hydrogens is 294 g/mol. The number of amides is 2. The lowest BCUT2D eigenvalue weighted by atomic mass is 9.99. The van der Waals surface area contributed by atoms with Crippen molar-refractivity contribution in [3.63, 3.8) is 0 Å². The fraction of sp³-hybridized carbons (Fsp3) is 0.615. The number of nitrogens with zero attached hydrogens (tertiary/aromatic N) is 2. The van der Waals surface area contributed by atoms with E-state index in [0.29, 0.717) is 23.8 Å². The van der Waals surface area contributed by atoms with E-state index in [2.05, 4.69) is 10.3 Å². The normalized spacial score (nSPS) is 18.6. The first-order valence-corrected chi connectivity index (χ1v) is 7.66. The standard InChI is InChI=1S/C13H19N3O4S/c1-8-11(12(18)19)21-10(15-8)5-14-13(20)16-4-2-3-9(6-16)7-17/h9,17H,2-7H2,1H3,(H,14,20)(H,18,19). The number of urea groups is 1. The first kappa shape index (κ1) is 15.7. The number of aryl methyl sites for hydroxylation is 1. The van der Waals surface area contributed by atoms with Gasteiger partial charge in [0.05, 0.1) is 12.2 Å².